The molecule has 0 bridgehead atoms. The lowest BCUT2D eigenvalue weighted by Gasteiger charge is -2.28. The highest BCUT2D eigenvalue weighted by Gasteiger charge is 2.16. The van der Waals surface area contributed by atoms with Crippen molar-refractivity contribution in [3.8, 4) is 11.5 Å². The predicted octanol–water partition coefficient (Wildman–Crippen LogP) is 2.83. The van der Waals surface area contributed by atoms with E-state index in [0.717, 1.165) is 45.3 Å². The van der Waals surface area contributed by atoms with E-state index in [-0.39, 0.29) is 6.61 Å². The topological polar surface area (TPSA) is 63.2 Å². The molecule has 3 rings (SSSR count). The molecular formula is C23H38N2O4. The zero-order valence-electron chi connectivity index (χ0n) is 17.9. The minimum atomic E-state index is -0.529. The third-order valence-electron chi connectivity index (χ3n) is 6.00. The molecular weight excluding hydrogens is 368 g/mol. The van der Waals surface area contributed by atoms with Gasteiger partial charge < -0.3 is 24.6 Å². The minimum Gasteiger partial charge on any atom is -0.493 e. The van der Waals surface area contributed by atoms with Gasteiger partial charge in [0.05, 0.1) is 20.3 Å². The highest BCUT2D eigenvalue weighted by atomic mass is 16.5. The van der Waals surface area contributed by atoms with E-state index >= 15 is 0 Å². The number of β-amino-alcohol motifs (C(OH)–C–C–N with tert-alkyl or cyclic N) is 1. The van der Waals surface area contributed by atoms with Crippen molar-refractivity contribution >= 4 is 0 Å². The van der Waals surface area contributed by atoms with E-state index in [0.29, 0.717) is 18.0 Å². The van der Waals surface area contributed by atoms with Crippen molar-refractivity contribution in [1.82, 2.24) is 10.2 Å². The van der Waals surface area contributed by atoms with Crippen molar-refractivity contribution in [2.24, 2.45) is 5.92 Å². The van der Waals surface area contributed by atoms with Gasteiger partial charge in [0.2, 0.25) is 0 Å². The lowest BCUT2D eigenvalue weighted by Crippen LogP contribution is -2.42. The number of aliphatic hydroxyl groups excluding tert-OH is 1. The Kier molecular flexibility index (Phi) is 9.54. The maximum Gasteiger partial charge on any atom is 0.161 e. The Bertz CT molecular complexity index is 586. The summed E-state index contributed by atoms with van der Waals surface area (Å²) >= 11 is 0. The Balaban J connectivity index is 1.37. The fraction of sp³-hybridized carbons (Fsp3) is 0.739. The van der Waals surface area contributed by atoms with E-state index in [2.05, 4.69) is 16.3 Å². The normalized spacial score (nSPS) is 19.4. The molecule has 0 spiro atoms. The van der Waals surface area contributed by atoms with Crippen LogP contribution in [0.4, 0.5) is 0 Å². The Labute approximate surface area is 175 Å². The highest BCUT2D eigenvalue weighted by molar-refractivity contribution is 5.43. The number of rotatable bonds is 12. The van der Waals surface area contributed by atoms with E-state index in [1.54, 1.807) is 7.11 Å². The molecule has 6 heteroatoms. The van der Waals surface area contributed by atoms with Crippen molar-refractivity contribution in [3.05, 3.63) is 23.8 Å². The molecule has 0 radical (unpaired) electrons. The summed E-state index contributed by atoms with van der Waals surface area (Å²) in [6.45, 7) is 5.95. The van der Waals surface area contributed by atoms with E-state index in [4.69, 9.17) is 14.2 Å². The number of ether oxygens (including phenoxy) is 3. The summed E-state index contributed by atoms with van der Waals surface area (Å²) in [6.07, 6.45) is 7.80. The number of aliphatic hydroxyl groups is 1. The number of hydrogen-bond donors (Lipinski definition) is 2. The lowest BCUT2D eigenvalue weighted by atomic mass is 10.0. The Morgan fingerprint density at radius 1 is 1.21 bits per heavy atom. The molecule has 29 heavy (non-hydrogen) atoms. The summed E-state index contributed by atoms with van der Waals surface area (Å²) < 4.78 is 16.7. The molecule has 164 valence electrons. The first-order valence-electron chi connectivity index (χ1n) is 11.2. The van der Waals surface area contributed by atoms with Gasteiger partial charge in [-0.15, -0.1) is 0 Å². The average molecular weight is 407 g/mol. The minimum absolute atomic E-state index is 0.256. The van der Waals surface area contributed by atoms with Crippen LogP contribution >= 0.6 is 0 Å². The Morgan fingerprint density at radius 2 is 2.00 bits per heavy atom. The van der Waals surface area contributed by atoms with E-state index in [1.165, 1.54) is 44.1 Å². The van der Waals surface area contributed by atoms with Crippen LogP contribution in [0.15, 0.2) is 18.2 Å². The van der Waals surface area contributed by atoms with Gasteiger partial charge in [-0.1, -0.05) is 31.7 Å². The number of morpholine rings is 1. The predicted molar refractivity (Wildman–Crippen MR) is 115 cm³/mol. The van der Waals surface area contributed by atoms with E-state index in [9.17, 15) is 5.11 Å². The molecule has 6 nitrogen and oxygen atoms in total. The van der Waals surface area contributed by atoms with Crippen LogP contribution in [0.1, 0.15) is 44.1 Å². The maximum absolute atomic E-state index is 10.3. The largest absolute Gasteiger partial charge is 0.493 e. The first-order valence-corrected chi connectivity index (χ1v) is 11.2. The van der Waals surface area contributed by atoms with Crippen LogP contribution < -0.4 is 14.8 Å². The molecule has 1 aliphatic heterocycles. The SMILES string of the molecule is COc1cc(CNCCCC2CCCC2)ccc1OC[C@H](O)CN1CCOCC1. The van der Waals surface area contributed by atoms with Crippen LogP contribution in [0.3, 0.4) is 0 Å². The molecule has 2 fully saturated rings. The molecule has 1 aliphatic carbocycles. The van der Waals surface area contributed by atoms with Gasteiger partial charge >= 0.3 is 0 Å². The Hall–Kier alpha value is -1.34. The van der Waals surface area contributed by atoms with E-state index in [1.807, 2.05) is 12.1 Å². The van der Waals surface area contributed by atoms with Crippen LogP contribution in [0, 0.1) is 5.92 Å². The van der Waals surface area contributed by atoms with Crippen LogP contribution in [-0.2, 0) is 11.3 Å². The molecule has 0 aromatic heterocycles. The molecule has 1 atom stereocenters. The monoisotopic (exact) mass is 406 g/mol. The van der Waals surface area contributed by atoms with Gasteiger partial charge in [0.25, 0.3) is 0 Å². The molecule has 1 aromatic carbocycles. The number of methoxy groups -OCH3 is 1. The van der Waals surface area contributed by atoms with Gasteiger partial charge in [0.15, 0.2) is 11.5 Å². The molecule has 0 amide bonds. The fourth-order valence-corrected chi connectivity index (χ4v) is 4.31. The number of nitrogens with one attached hydrogen (secondary N) is 1. The van der Waals surface area contributed by atoms with Crippen LogP contribution in [0.5, 0.6) is 11.5 Å². The number of nitrogens with zero attached hydrogens (tertiary/aromatic N) is 1. The number of benzene rings is 1. The second kappa shape index (κ2) is 12.4. The standard InChI is InChI=1S/C23H38N2O4/c1-27-23-15-20(16-24-10-4-7-19-5-2-3-6-19)8-9-22(23)29-18-21(26)17-25-11-13-28-14-12-25/h8-9,15,19,21,24,26H,2-7,10-14,16-18H2,1H3/t21-/m1/s1. The zero-order valence-corrected chi connectivity index (χ0v) is 17.9. The second-order valence-corrected chi connectivity index (χ2v) is 8.33. The van der Waals surface area contributed by atoms with Gasteiger partial charge in [-0.05, 0) is 43.0 Å². The third kappa shape index (κ3) is 7.78. The summed E-state index contributed by atoms with van der Waals surface area (Å²) in [5.41, 5.74) is 1.18. The summed E-state index contributed by atoms with van der Waals surface area (Å²) in [4.78, 5) is 2.20. The van der Waals surface area contributed by atoms with E-state index < -0.39 is 6.10 Å². The molecule has 2 N–H and O–H groups in total. The zero-order chi connectivity index (χ0) is 20.3. The lowest BCUT2D eigenvalue weighted by molar-refractivity contribution is 0.00445. The van der Waals surface area contributed by atoms with Crippen LogP contribution in [0.25, 0.3) is 0 Å². The van der Waals surface area contributed by atoms with Crippen LogP contribution in [0.2, 0.25) is 0 Å². The van der Waals surface area contributed by atoms with Gasteiger partial charge in [0.1, 0.15) is 12.7 Å². The number of hydrogen-bond acceptors (Lipinski definition) is 6. The van der Waals surface area contributed by atoms with Gasteiger partial charge in [-0.25, -0.2) is 0 Å². The first kappa shape index (κ1) is 22.3. The van der Waals surface area contributed by atoms with Crippen molar-refractivity contribution in [2.75, 3.05) is 53.1 Å². The second-order valence-electron chi connectivity index (χ2n) is 8.33. The van der Waals surface area contributed by atoms with Gasteiger partial charge in [-0.2, -0.15) is 0 Å². The summed E-state index contributed by atoms with van der Waals surface area (Å²) in [6, 6.07) is 6.03. The van der Waals surface area contributed by atoms with Crippen molar-refractivity contribution in [1.29, 1.82) is 0 Å². The molecule has 1 heterocycles. The summed E-state index contributed by atoms with van der Waals surface area (Å²) in [7, 11) is 1.66. The summed E-state index contributed by atoms with van der Waals surface area (Å²) in [5.74, 6) is 2.36. The van der Waals surface area contributed by atoms with Crippen LogP contribution in [-0.4, -0.2) is 69.2 Å². The molecule has 2 aliphatic rings. The molecule has 1 saturated carbocycles. The Morgan fingerprint density at radius 3 is 2.76 bits per heavy atom. The molecule has 0 unspecified atom stereocenters. The van der Waals surface area contributed by atoms with Gasteiger partial charge in [0, 0.05) is 26.2 Å². The molecule has 1 aromatic rings. The van der Waals surface area contributed by atoms with Crippen molar-refractivity contribution < 1.29 is 19.3 Å². The highest BCUT2D eigenvalue weighted by Crippen LogP contribution is 2.29. The third-order valence-corrected chi connectivity index (χ3v) is 6.00. The summed E-state index contributed by atoms with van der Waals surface area (Å²) in [5, 5.41) is 13.8. The van der Waals surface area contributed by atoms with Crippen molar-refractivity contribution in [2.45, 2.75) is 51.2 Å². The van der Waals surface area contributed by atoms with Gasteiger partial charge in [-0.3, -0.25) is 4.90 Å². The quantitative estimate of drug-likeness (QED) is 0.521. The smallest absolute Gasteiger partial charge is 0.161 e. The average Bonchev–Trinajstić information content (AvgIpc) is 3.26. The fourth-order valence-electron chi connectivity index (χ4n) is 4.31. The maximum atomic E-state index is 10.3. The molecule has 1 saturated heterocycles. The van der Waals surface area contributed by atoms with Crippen molar-refractivity contribution in [3.63, 3.8) is 0 Å². The first-order chi connectivity index (χ1) is 14.2.